The largest absolute Gasteiger partial charge is 0.381 e. The number of halogens is 3. The molecule has 0 bridgehead atoms. The zero-order valence-corrected chi connectivity index (χ0v) is 17.5. The Morgan fingerprint density at radius 1 is 1.09 bits per heavy atom. The number of ether oxygens (including phenoxy) is 1. The predicted octanol–water partition coefficient (Wildman–Crippen LogP) is 3.43. The quantitative estimate of drug-likeness (QED) is 0.354. The van der Waals surface area contributed by atoms with Crippen molar-refractivity contribution in [3.63, 3.8) is 0 Å². The second-order valence-electron chi connectivity index (χ2n) is 8.62. The topological polar surface area (TPSA) is 71.3 Å². The van der Waals surface area contributed by atoms with Gasteiger partial charge in [0.1, 0.15) is 11.5 Å². The van der Waals surface area contributed by atoms with Crippen LogP contribution in [0.4, 0.5) is 19.1 Å². The number of piperidine rings is 1. The van der Waals surface area contributed by atoms with E-state index in [1.54, 1.807) is 6.20 Å². The number of rotatable bonds is 1. The fourth-order valence-electron chi connectivity index (χ4n) is 4.74. The van der Waals surface area contributed by atoms with Gasteiger partial charge in [0.05, 0.1) is 17.6 Å². The van der Waals surface area contributed by atoms with Gasteiger partial charge >= 0.3 is 0 Å². The summed E-state index contributed by atoms with van der Waals surface area (Å²) in [6.45, 7) is 3.38. The minimum Gasteiger partial charge on any atom is -0.381 e. The van der Waals surface area contributed by atoms with E-state index in [1.807, 2.05) is 10.6 Å². The summed E-state index contributed by atoms with van der Waals surface area (Å²) in [5, 5.41) is 7.63. The Labute approximate surface area is 186 Å². The molecule has 1 N–H and O–H groups in total. The van der Waals surface area contributed by atoms with E-state index in [0.29, 0.717) is 22.7 Å². The maximum Gasteiger partial charge on any atom is 0.213 e. The molecule has 2 fully saturated rings. The normalized spacial score (nSPS) is 17.7. The Bertz CT molecular complexity index is 1430. The highest BCUT2D eigenvalue weighted by molar-refractivity contribution is 5.94. The molecule has 2 aliphatic heterocycles. The minimum absolute atomic E-state index is 0.269. The average Bonchev–Trinajstić information content (AvgIpc) is 3.55. The highest BCUT2D eigenvalue weighted by atomic mass is 19.2. The first-order valence-electron chi connectivity index (χ1n) is 10.7. The van der Waals surface area contributed by atoms with Crippen molar-refractivity contribution in [3.05, 3.63) is 53.2 Å². The zero-order valence-electron chi connectivity index (χ0n) is 17.5. The summed E-state index contributed by atoms with van der Waals surface area (Å²) in [6, 6.07) is 1.33. The fourth-order valence-corrected chi connectivity index (χ4v) is 4.74. The van der Waals surface area contributed by atoms with Gasteiger partial charge in [0.2, 0.25) is 5.95 Å². The fraction of sp³-hybridized carbons (Fsp3) is 0.348. The van der Waals surface area contributed by atoms with Crippen LogP contribution in [0.2, 0.25) is 0 Å². The van der Waals surface area contributed by atoms with Crippen LogP contribution in [-0.2, 0) is 4.74 Å². The average molecular weight is 452 g/mol. The molecule has 5 heterocycles. The number of benzene rings is 1. The number of aromatic nitrogens is 5. The zero-order chi connectivity index (χ0) is 22.6. The molecule has 0 aliphatic carbocycles. The monoisotopic (exact) mass is 452 g/mol. The van der Waals surface area contributed by atoms with E-state index in [-0.39, 0.29) is 16.7 Å². The van der Waals surface area contributed by atoms with E-state index >= 15 is 0 Å². The van der Waals surface area contributed by atoms with Crippen molar-refractivity contribution < 1.29 is 17.9 Å². The molecule has 0 amide bonds. The van der Waals surface area contributed by atoms with E-state index in [9.17, 15) is 13.2 Å². The number of hydrogen-bond donors (Lipinski definition) is 1. The van der Waals surface area contributed by atoms with E-state index in [0.717, 1.165) is 57.6 Å². The third-order valence-electron chi connectivity index (χ3n) is 6.64. The van der Waals surface area contributed by atoms with Crippen LogP contribution in [0.15, 0.2) is 24.5 Å². The molecule has 2 aliphatic rings. The van der Waals surface area contributed by atoms with Crippen LogP contribution in [0.3, 0.4) is 0 Å². The van der Waals surface area contributed by atoms with Gasteiger partial charge in [-0.25, -0.2) is 18.2 Å². The molecule has 0 saturated carbocycles. The number of hydrogen-bond acceptors (Lipinski definition) is 5. The third-order valence-corrected chi connectivity index (χ3v) is 6.64. The molecule has 10 heteroatoms. The van der Waals surface area contributed by atoms with E-state index < -0.39 is 17.5 Å². The van der Waals surface area contributed by atoms with Gasteiger partial charge in [-0.3, -0.25) is 9.50 Å². The van der Waals surface area contributed by atoms with Gasteiger partial charge < -0.3 is 9.64 Å². The van der Waals surface area contributed by atoms with Crippen molar-refractivity contribution in [1.82, 2.24) is 24.6 Å². The highest BCUT2D eigenvalue weighted by Crippen LogP contribution is 2.40. The van der Waals surface area contributed by atoms with E-state index in [4.69, 9.17) is 9.72 Å². The SMILES string of the molecule is Fc1cc(F)c(F)c(C#Cc2n[nH]c3nc(N4CCC5(CCOC5)CC4)n4ccnc4c23)c1. The summed E-state index contributed by atoms with van der Waals surface area (Å²) in [5.74, 6) is 2.54. The van der Waals surface area contributed by atoms with Crippen molar-refractivity contribution >= 4 is 22.6 Å². The lowest BCUT2D eigenvalue weighted by molar-refractivity contribution is 0.133. The summed E-state index contributed by atoms with van der Waals surface area (Å²) in [7, 11) is 0. The first-order valence-corrected chi connectivity index (χ1v) is 10.7. The second-order valence-corrected chi connectivity index (χ2v) is 8.62. The Kier molecular flexibility index (Phi) is 4.55. The molecular formula is C23H19F3N6O. The number of fused-ring (bicyclic) bond motifs is 3. The van der Waals surface area contributed by atoms with Gasteiger partial charge in [0, 0.05) is 38.2 Å². The summed E-state index contributed by atoms with van der Waals surface area (Å²) in [4.78, 5) is 11.5. The van der Waals surface area contributed by atoms with Gasteiger partial charge in [-0.15, -0.1) is 0 Å². The standard InChI is InChI=1S/C23H19F3N6O/c24-15-11-14(19(26)16(25)12-15)1-2-17-18-20(30-29-17)28-22(32-9-6-27-21(18)32)31-7-3-23(4-8-31)5-10-33-13-23/h6,9,11-12H,3-5,7-8,10,13H2,(H,29,30). The van der Waals surface area contributed by atoms with Crippen molar-refractivity contribution in [2.24, 2.45) is 5.41 Å². The summed E-state index contributed by atoms with van der Waals surface area (Å²) in [5.41, 5.74) is 1.25. The smallest absolute Gasteiger partial charge is 0.213 e. The number of aromatic amines is 1. The number of nitrogens with zero attached hydrogens (tertiary/aromatic N) is 5. The lowest BCUT2D eigenvalue weighted by Crippen LogP contribution is -2.41. The predicted molar refractivity (Wildman–Crippen MR) is 114 cm³/mol. The lowest BCUT2D eigenvalue weighted by atomic mass is 9.78. The molecule has 6 rings (SSSR count). The van der Waals surface area contributed by atoms with Crippen molar-refractivity contribution in [2.75, 3.05) is 31.2 Å². The molecule has 1 aromatic carbocycles. The Morgan fingerprint density at radius 3 is 2.73 bits per heavy atom. The van der Waals surface area contributed by atoms with Crippen molar-refractivity contribution in [2.45, 2.75) is 19.3 Å². The van der Waals surface area contributed by atoms with E-state index in [2.05, 4.69) is 31.9 Å². The molecule has 0 unspecified atom stereocenters. The number of imidazole rings is 1. The minimum atomic E-state index is -1.29. The summed E-state index contributed by atoms with van der Waals surface area (Å²) < 4.78 is 48.5. The molecule has 4 aromatic rings. The van der Waals surface area contributed by atoms with Crippen LogP contribution in [0.1, 0.15) is 30.5 Å². The molecule has 0 radical (unpaired) electrons. The molecule has 7 nitrogen and oxygen atoms in total. The van der Waals surface area contributed by atoms with Crippen LogP contribution in [0.5, 0.6) is 0 Å². The van der Waals surface area contributed by atoms with Crippen LogP contribution >= 0.6 is 0 Å². The number of H-pyrrole nitrogens is 1. The molecule has 2 saturated heterocycles. The summed E-state index contributed by atoms with van der Waals surface area (Å²) in [6.07, 6.45) is 6.68. The first kappa shape index (κ1) is 20.1. The maximum atomic E-state index is 14.0. The summed E-state index contributed by atoms with van der Waals surface area (Å²) >= 11 is 0. The first-order chi connectivity index (χ1) is 16.0. The molecule has 1 spiro atoms. The second kappa shape index (κ2) is 7.49. The lowest BCUT2D eigenvalue weighted by Gasteiger charge is -2.38. The Hall–Kier alpha value is -3.58. The van der Waals surface area contributed by atoms with Crippen LogP contribution in [-0.4, -0.2) is 50.9 Å². The Morgan fingerprint density at radius 2 is 1.94 bits per heavy atom. The van der Waals surface area contributed by atoms with E-state index in [1.165, 1.54) is 0 Å². The molecular weight excluding hydrogens is 433 g/mol. The van der Waals surface area contributed by atoms with Gasteiger partial charge in [-0.1, -0.05) is 5.92 Å². The number of anilines is 1. The van der Waals surface area contributed by atoms with Crippen LogP contribution < -0.4 is 4.90 Å². The Balaban J connectivity index is 1.38. The van der Waals surface area contributed by atoms with Gasteiger partial charge in [0.25, 0.3) is 0 Å². The van der Waals surface area contributed by atoms with Crippen LogP contribution in [0, 0.1) is 34.7 Å². The van der Waals surface area contributed by atoms with Crippen molar-refractivity contribution in [1.29, 1.82) is 0 Å². The molecule has 168 valence electrons. The molecule has 3 aromatic heterocycles. The van der Waals surface area contributed by atoms with Gasteiger partial charge in [-0.2, -0.15) is 10.1 Å². The maximum absolute atomic E-state index is 14.0. The highest BCUT2D eigenvalue weighted by Gasteiger charge is 2.38. The molecule has 0 atom stereocenters. The van der Waals surface area contributed by atoms with Gasteiger partial charge in [0.15, 0.2) is 22.9 Å². The number of nitrogens with one attached hydrogen (secondary N) is 1. The van der Waals surface area contributed by atoms with Crippen molar-refractivity contribution in [3.8, 4) is 11.8 Å². The third kappa shape index (κ3) is 3.31. The van der Waals surface area contributed by atoms with Gasteiger partial charge in [-0.05, 0) is 36.7 Å². The molecule has 33 heavy (non-hydrogen) atoms. The van der Waals surface area contributed by atoms with Crippen LogP contribution in [0.25, 0.3) is 16.7 Å².